The van der Waals surface area contributed by atoms with Gasteiger partial charge in [0.2, 0.25) is 0 Å². The molecule has 18 heavy (non-hydrogen) atoms. The Kier molecular flexibility index (Phi) is 2.11. The summed E-state index contributed by atoms with van der Waals surface area (Å²) in [5, 5.41) is 4.53. The molecule has 1 atom stereocenters. The highest BCUT2D eigenvalue weighted by Crippen LogP contribution is 2.39. The number of fused-ring (bicyclic) bond motifs is 2. The van der Waals surface area contributed by atoms with Gasteiger partial charge in [-0.15, -0.1) is 0 Å². The average molecular weight is 263 g/mol. The van der Waals surface area contributed by atoms with Crippen molar-refractivity contribution in [3.63, 3.8) is 0 Å². The zero-order chi connectivity index (χ0) is 12.3. The van der Waals surface area contributed by atoms with Crippen LogP contribution < -0.4 is 5.32 Å². The summed E-state index contributed by atoms with van der Waals surface area (Å²) in [6.45, 7) is 1.88. The summed E-state index contributed by atoms with van der Waals surface area (Å²) in [4.78, 5) is 0. The third-order valence-electron chi connectivity index (χ3n) is 3.90. The monoisotopic (exact) mass is 262 g/mol. The minimum absolute atomic E-state index is 0.232. The van der Waals surface area contributed by atoms with Gasteiger partial charge in [-0.1, -0.05) is 17.7 Å². The summed E-state index contributed by atoms with van der Waals surface area (Å²) in [5.74, 6) is -0.330. The standard InChI is InChI=1S/C14H12ClFN2/c15-13-9-3-5-18-7-12-8(2-1-4-17-12)10(14(9)18)6-11(13)16/h2-3,5-6,12,17H,1,4,7H2. The molecular weight excluding hydrogens is 251 g/mol. The van der Waals surface area contributed by atoms with Gasteiger partial charge in [0.25, 0.3) is 0 Å². The van der Waals surface area contributed by atoms with E-state index in [-0.39, 0.29) is 10.8 Å². The van der Waals surface area contributed by atoms with Gasteiger partial charge in [0.15, 0.2) is 0 Å². The first-order valence-corrected chi connectivity index (χ1v) is 6.54. The van der Waals surface area contributed by atoms with Gasteiger partial charge < -0.3 is 9.88 Å². The normalized spacial score (nSPS) is 21.9. The Morgan fingerprint density at radius 1 is 1.44 bits per heavy atom. The number of nitrogens with one attached hydrogen (secondary N) is 1. The Morgan fingerprint density at radius 3 is 3.22 bits per heavy atom. The molecular formula is C14H12ClFN2. The zero-order valence-corrected chi connectivity index (χ0v) is 10.5. The van der Waals surface area contributed by atoms with Gasteiger partial charge in [-0.05, 0) is 30.7 Å². The van der Waals surface area contributed by atoms with E-state index < -0.39 is 0 Å². The van der Waals surface area contributed by atoms with E-state index in [0.29, 0.717) is 6.04 Å². The fourth-order valence-corrected chi connectivity index (χ4v) is 3.31. The minimum Gasteiger partial charge on any atom is -0.345 e. The highest BCUT2D eigenvalue weighted by atomic mass is 35.5. The summed E-state index contributed by atoms with van der Waals surface area (Å²) in [5.41, 5.74) is 3.26. The number of hydrogen-bond acceptors (Lipinski definition) is 1. The van der Waals surface area contributed by atoms with Crippen molar-refractivity contribution in [2.45, 2.75) is 19.0 Å². The summed E-state index contributed by atoms with van der Waals surface area (Å²) in [6.07, 6.45) is 5.21. The maximum absolute atomic E-state index is 13.9. The lowest BCUT2D eigenvalue weighted by atomic mass is 9.90. The highest BCUT2D eigenvalue weighted by molar-refractivity contribution is 6.36. The van der Waals surface area contributed by atoms with E-state index in [1.165, 1.54) is 5.57 Å². The van der Waals surface area contributed by atoms with Gasteiger partial charge >= 0.3 is 0 Å². The Balaban J connectivity index is 2.11. The van der Waals surface area contributed by atoms with Crippen LogP contribution in [0.25, 0.3) is 16.5 Å². The van der Waals surface area contributed by atoms with Crippen LogP contribution in [0.15, 0.2) is 24.4 Å². The molecule has 0 spiro atoms. The van der Waals surface area contributed by atoms with Gasteiger partial charge in [-0.3, -0.25) is 0 Å². The molecule has 0 saturated heterocycles. The SMILES string of the molecule is Fc1cc2c3c(ccn3CC3NCCC=C23)c1Cl. The molecule has 1 N–H and O–H groups in total. The van der Waals surface area contributed by atoms with Crippen LogP contribution in [0.1, 0.15) is 12.0 Å². The van der Waals surface area contributed by atoms with Crippen LogP contribution >= 0.6 is 11.6 Å². The molecule has 0 aliphatic carbocycles. The largest absolute Gasteiger partial charge is 0.345 e. The third kappa shape index (κ3) is 1.26. The van der Waals surface area contributed by atoms with Gasteiger partial charge in [0, 0.05) is 23.7 Å². The van der Waals surface area contributed by atoms with Gasteiger partial charge in [0.1, 0.15) is 5.82 Å². The minimum atomic E-state index is -0.330. The second-order valence-electron chi connectivity index (χ2n) is 4.91. The van der Waals surface area contributed by atoms with Crippen molar-refractivity contribution in [1.29, 1.82) is 0 Å². The van der Waals surface area contributed by atoms with E-state index in [9.17, 15) is 4.39 Å². The summed E-state index contributed by atoms with van der Waals surface area (Å²) in [6, 6.07) is 3.77. The maximum atomic E-state index is 13.9. The van der Waals surface area contributed by atoms with Crippen LogP contribution in [0.3, 0.4) is 0 Å². The smallest absolute Gasteiger partial charge is 0.143 e. The summed E-state index contributed by atoms with van der Waals surface area (Å²) >= 11 is 6.04. The van der Waals surface area contributed by atoms with Crippen molar-refractivity contribution in [3.8, 4) is 0 Å². The molecule has 2 nitrogen and oxygen atoms in total. The number of rotatable bonds is 0. The molecule has 4 rings (SSSR count). The Morgan fingerprint density at radius 2 is 2.33 bits per heavy atom. The van der Waals surface area contributed by atoms with Gasteiger partial charge in [0.05, 0.1) is 16.6 Å². The van der Waals surface area contributed by atoms with Crippen molar-refractivity contribution >= 4 is 28.1 Å². The van der Waals surface area contributed by atoms with Crippen molar-refractivity contribution in [1.82, 2.24) is 9.88 Å². The first-order chi connectivity index (χ1) is 8.75. The second kappa shape index (κ2) is 3.59. The predicted molar refractivity (Wildman–Crippen MR) is 71.3 cm³/mol. The van der Waals surface area contributed by atoms with Crippen molar-refractivity contribution < 1.29 is 4.39 Å². The number of benzene rings is 1. The number of halogens is 2. The predicted octanol–water partition coefficient (Wildman–Crippen LogP) is 3.19. The van der Waals surface area contributed by atoms with E-state index in [0.717, 1.165) is 36.0 Å². The van der Waals surface area contributed by atoms with Crippen LogP contribution in [0.4, 0.5) is 4.39 Å². The quantitative estimate of drug-likeness (QED) is 0.772. The molecule has 2 aliphatic rings. The van der Waals surface area contributed by atoms with Crippen molar-refractivity contribution in [2.24, 2.45) is 0 Å². The third-order valence-corrected chi connectivity index (χ3v) is 4.28. The molecule has 3 heterocycles. The molecule has 2 aliphatic heterocycles. The Labute approximate surface area is 109 Å². The topological polar surface area (TPSA) is 17.0 Å². The highest BCUT2D eigenvalue weighted by Gasteiger charge is 2.28. The van der Waals surface area contributed by atoms with E-state index in [1.807, 2.05) is 12.3 Å². The molecule has 0 bridgehead atoms. The molecule has 2 aromatic rings. The molecule has 0 saturated carbocycles. The van der Waals surface area contributed by atoms with E-state index in [4.69, 9.17) is 11.6 Å². The average Bonchev–Trinajstić information content (AvgIpc) is 2.80. The van der Waals surface area contributed by atoms with Crippen LogP contribution in [-0.2, 0) is 6.54 Å². The maximum Gasteiger partial charge on any atom is 0.143 e. The second-order valence-corrected chi connectivity index (χ2v) is 5.28. The molecule has 1 unspecified atom stereocenters. The lowest BCUT2D eigenvalue weighted by Crippen LogP contribution is -2.39. The lowest BCUT2D eigenvalue weighted by Gasteiger charge is -2.31. The Hall–Kier alpha value is -1.32. The zero-order valence-electron chi connectivity index (χ0n) is 9.71. The molecule has 92 valence electrons. The van der Waals surface area contributed by atoms with E-state index in [1.54, 1.807) is 6.07 Å². The van der Waals surface area contributed by atoms with Crippen molar-refractivity contribution in [3.05, 3.63) is 40.8 Å². The van der Waals surface area contributed by atoms with Crippen LogP contribution in [0, 0.1) is 5.82 Å². The van der Waals surface area contributed by atoms with Gasteiger partial charge in [-0.2, -0.15) is 0 Å². The summed E-state index contributed by atoms with van der Waals surface area (Å²) in [7, 11) is 0. The first kappa shape index (κ1) is 10.6. The molecule has 4 heteroatoms. The molecule has 0 amide bonds. The molecule has 0 fully saturated rings. The van der Waals surface area contributed by atoms with Crippen LogP contribution in [0.2, 0.25) is 5.02 Å². The van der Waals surface area contributed by atoms with Crippen LogP contribution in [-0.4, -0.2) is 17.2 Å². The molecule has 1 aromatic carbocycles. The number of aromatic nitrogens is 1. The number of nitrogens with zero attached hydrogens (tertiary/aromatic N) is 1. The van der Waals surface area contributed by atoms with E-state index >= 15 is 0 Å². The Bertz CT molecular complexity index is 687. The fraction of sp³-hybridized carbons (Fsp3) is 0.286. The fourth-order valence-electron chi connectivity index (χ4n) is 3.10. The van der Waals surface area contributed by atoms with Crippen molar-refractivity contribution in [2.75, 3.05) is 6.54 Å². The van der Waals surface area contributed by atoms with E-state index in [2.05, 4.69) is 16.0 Å². The van der Waals surface area contributed by atoms with Crippen LogP contribution in [0.5, 0.6) is 0 Å². The first-order valence-electron chi connectivity index (χ1n) is 6.16. The molecule has 1 aromatic heterocycles. The lowest BCUT2D eigenvalue weighted by molar-refractivity contribution is 0.515. The number of hydrogen-bond donors (Lipinski definition) is 1. The van der Waals surface area contributed by atoms with Gasteiger partial charge in [-0.25, -0.2) is 4.39 Å². The molecule has 0 radical (unpaired) electrons. The summed E-state index contributed by atoms with van der Waals surface area (Å²) < 4.78 is 16.1.